The number of hydrogen-bond acceptors (Lipinski definition) is 5. The summed E-state index contributed by atoms with van der Waals surface area (Å²) in [6.45, 7) is 0.284. The number of nitriles is 1. The van der Waals surface area contributed by atoms with Crippen molar-refractivity contribution in [3.63, 3.8) is 0 Å². The number of fused-ring (bicyclic) bond motifs is 1. The van der Waals surface area contributed by atoms with Crippen molar-refractivity contribution in [3.05, 3.63) is 88.4 Å². The molecule has 1 aromatic heterocycles. The van der Waals surface area contributed by atoms with Crippen LogP contribution in [0.2, 0.25) is 0 Å². The van der Waals surface area contributed by atoms with E-state index in [2.05, 4.69) is 5.10 Å². The number of hydrogen-bond donors (Lipinski definition) is 2. The SMILES string of the molecule is N#CC1=C(N)Oc2n[nH]c(C(F)(F)F)c2C1c1cccc(OCc2ccccc2)c1. The molecule has 0 spiro atoms. The molecular formula is C21H15F3N4O2. The Balaban J connectivity index is 1.74. The first kappa shape index (κ1) is 19.4. The molecule has 2 heterocycles. The van der Waals surface area contributed by atoms with Gasteiger partial charge in [-0.15, -0.1) is 5.10 Å². The number of ether oxygens (including phenoxy) is 2. The maximum Gasteiger partial charge on any atom is 0.433 e. The summed E-state index contributed by atoms with van der Waals surface area (Å²) < 4.78 is 51.5. The van der Waals surface area contributed by atoms with E-state index in [-0.39, 0.29) is 29.5 Å². The Labute approximate surface area is 169 Å². The molecule has 2 aromatic carbocycles. The van der Waals surface area contributed by atoms with Gasteiger partial charge in [0.15, 0.2) is 0 Å². The third-order valence-corrected chi connectivity index (χ3v) is 4.66. The smallest absolute Gasteiger partial charge is 0.433 e. The van der Waals surface area contributed by atoms with E-state index in [1.807, 2.05) is 41.5 Å². The number of alkyl halides is 3. The van der Waals surface area contributed by atoms with Crippen LogP contribution in [-0.2, 0) is 12.8 Å². The number of nitrogens with zero attached hydrogens (tertiary/aromatic N) is 2. The van der Waals surface area contributed by atoms with Crippen LogP contribution in [0.25, 0.3) is 0 Å². The molecule has 9 heteroatoms. The van der Waals surface area contributed by atoms with Crippen LogP contribution in [0.4, 0.5) is 13.2 Å². The summed E-state index contributed by atoms with van der Waals surface area (Å²) in [5, 5.41) is 15.1. The van der Waals surface area contributed by atoms with Gasteiger partial charge < -0.3 is 15.2 Å². The molecule has 6 nitrogen and oxygen atoms in total. The molecule has 0 saturated heterocycles. The molecule has 1 unspecified atom stereocenters. The number of rotatable bonds is 4. The van der Waals surface area contributed by atoms with Gasteiger partial charge in [0, 0.05) is 0 Å². The van der Waals surface area contributed by atoms with Crippen molar-refractivity contribution in [2.45, 2.75) is 18.7 Å². The Morgan fingerprint density at radius 3 is 2.63 bits per heavy atom. The lowest BCUT2D eigenvalue weighted by molar-refractivity contribution is -0.141. The summed E-state index contributed by atoms with van der Waals surface area (Å²) in [7, 11) is 0. The van der Waals surface area contributed by atoms with Crippen LogP contribution in [0.1, 0.15) is 28.3 Å². The fraction of sp³-hybridized carbons (Fsp3) is 0.143. The largest absolute Gasteiger partial charge is 0.489 e. The van der Waals surface area contributed by atoms with E-state index < -0.39 is 17.8 Å². The second kappa shape index (κ2) is 7.48. The molecule has 4 rings (SSSR count). The zero-order valence-corrected chi connectivity index (χ0v) is 15.4. The molecule has 0 aliphatic carbocycles. The quantitative estimate of drug-likeness (QED) is 0.669. The lowest BCUT2D eigenvalue weighted by Gasteiger charge is -2.24. The molecule has 0 saturated carbocycles. The highest BCUT2D eigenvalue weighted by molar-refractivity contribution is 5.56. The van der Waals surface area contributed by atoms with E-state index in [0.29, 0.717) is 11.3 Å². The van der Waals surface area contributed by atoms with Crippen LogP contribution in [0.3, 0.4) is 0 Å². The normalized spacial score (nSPS) is 15.9. The average Bonchev–Trinajstić information content (AvgIpc) is 3.16. The van der Waals surface area contributed by atoms with Crippen molar-refractivity contribution in [2.75, 3.05) is 0 Å². The van der Waals surface area contributed by atoms with E-state index in [0.717, 1.165) is 5.56 Å². The first-order valence-corrected chi connectivity index (χ1v) is 8.88. The van der Waals surface area contributed by atoms with Crippen molar-refractivity contribution in [3.8, 4) is 17.7 Å². The van der Waals surface area contributed by atoms with Crippen molar-refractivity contribution >= 4 is 0 Å². The van der Waals surface area contributed by atoms with Gasteiger partial charge in [-0.1, -0.05) is 42.5 Å². The highest BCUT2D eigenvalue weighted by Gasteiger charge is 2.44. The number of nitrogens with two attached hydrogens (primary N) is 1. The van der Waals surface area contributed by atoms with E-state index >= 15 is 0 Å². The van der Waals surface area contributed by atoms with Crippen molar-refractivity contribution in [2.24, 2.45) is 5.73 Å². The monoisotopic (exact) mass is 412 g/mol. The van der Waals surface area contributed by atoms with Crippen LogP contribution < -0.4 is 15.2 Å². The van der Waals surface area contributed by atoms with Gasteiger partial charge >= 0.3 is 6.18 Å². The Kier molecular flexibility index (Phi) is 4.83. The number of allylic oxidation sites excluding steroid dienone is 1. The summed E-state index contributed by atoms with van der Waals surface area (Å²) in [5.41, 5.74) is 5.63. The Hall–Kier alpha value is -3.93. The maximum atomic E-state index is 13.5. The molecule has 152 valence electrons. The summed E-state index contributed by atoms with van der Waals surface area (Å²) in [6.07, 6.45) is -4.71. The minimum absolute atomic E-state index is 0.130. The highest BCUT2D eigenvalue weighted by atomic mass is 19.4. The summed E-state index contributed by atoms with van der Waals surface area (Å²) in [4.78, 5) is 0. The first-order chi connectivity index (χ1) is 14.4. The fourth-order valence-corrected chi connectivity index (χ4v) is 3.32. The van der Waals surface area contributed by atoms with Gasteiger partial charge in [0.2, 0.25) is 11.8 Å². The van der Waals surface area contributed by atoms with Gasteiger partial charge in [-0.05, 0) is 23.3 Å². The summed E-state index contributed by atoms with van der Waals surface area (Å²) in [6, 6.07) is 17.8. The Morgan fingerprint density at radius 2 is 1.93 bits per heavy atom. The predicted molar refractivity (Wildman–Crippen MR) is 100 cm³/mol. The van der Waals surface area contributed by atoms with E-state index in [9.17, 15) is 18.4 Å². The van der Waals surface area contributed by atoms with Crippen LogP contribution >= 0.6 is 0 Å². The maximum absolute atomic E-state index is 13.5. The molecule has 1 atom stereocenters. The number of nitrogens with one attached hydrogen (secondary N) is 1. The van der Waals surface area contributed by atoms with Crippen LogP contribution in [-0.4, -0.2) is 10.2 Å². The first-order valence-electron chi connectivity index (χ1n) is 8.88. The summed E-state index contributed by atoms with van der Waals surface area (Å²) >= 11 is 0. The molecule has 30 heavy (non-hydrogen) atoms. The molecule has 3 N–H and O–H groups in total. The second-order valence-electron chi connectivity index (χ2n) is 6.59. The third-order valence-electron chi connectivity index (χ3n) is 4.66. The highest BCUT2D eigenvalue weighted by Crippen LogP contribution is 2.47. The lowest BCUT2D eigenvalue weighted by atomic mass is 9.84. The third kappa shape index (κ3) is 3.55. The zero-order valence-electron chi connectivity index (χ0n) is 15.4. The molecule has 1 aliphatic rings. The Morgan fingerprint density at radius 1 is 1.17 bits per heavy atom. The summed E-state index contributed by atoms with van der Waals surface area (Å²) in [5.74, 6) is -1.25. The van der Waals surface area contributed by atoms with E-state index in [1.54, 1.807) is 24.3 Å². The predicted octanol–water partition coefficient (Wildman–Crippen LogP) is 4.23. The van der Waals surface area contributed by atoms with Crippen molar-refractivity contribution in [1.29, 1.82) is 5.26 Å². The second-order valence-corrected chi connectivity index (χ2v) is 6.59. The van der Waals surface area contributed by atoms with Gasteiger partial charge in [0.05, 0.1) is 11.5 Å². The number of aromatic nitrogens is 2. The van der Waals surface area contributed by atoms with Gasteiger partial charge in [-0.25, -0.2) is 0 Å². The number of halogens is 3. The van der Waals surface area contributed by atoms with Crippen LogP contribution in [0.5, 0.6) is 11.6 Å². The molecule has 0 radical (unpaired) electrons. The molecule has 1 aliphatic heterocycles. The van der Waals surface area contributed by atoms with Crippen LogP contribution in [0, 0.1) is 11.3 Å². The molecule has 0 amide bonds. The van der Waals surface area contributed by atoms with E-state index in [1.165, 1.54) is 0 Å². The van der Waals surface area contributed by atoms with Crippen LogP contribution in [0.15, 0.2) is 66.1 Å². The minimum atomic E-state index is -4.71. The Bertz CT molecular complexity index is 1150. The molecule has 0 fully saturated rings. The van der Waals surface area contributed by atoms with Gasteiger partial charge in [0.1, 0.15) is 29.7 Å². The zero-order chi connectivity index (χ0) is 21.3. The number of H-pyrrole nitrogens is 1. The fourth-order valence-electron chi connectivity index (χ4n) is 3.32. The number of benzene rings is 2. The molecule has 0 bridgehead atoms. The van der Waals surface area contributed by atoms with Gasteiger partial charge in [-0.3, -0.25) is 5.10 Å². The number of aromatic amines is 1. The van der Waals surface area contributed by atoms with Gasteiger partial charge in [0.25, 0.3) is 0 Å². The minimum Gasteiger partial charge on any atom is -0.489 e. The molecular weight excluding hydrogens is 397 g/mol. The van der Waals surface area contributed by atoms with E-state index in [4.69, 9.17) is 15.2 Å². The topological polar surface area (TPSA) is 97.0 Å². The molecule has 3 aromatic rings. The standard InChI is InChI=1S/C21H15F3N4O2/c22-21(23,24)18-17-16(15(10-25)19(26)30-20(17)28-27-18)13-7-4-8-14(9-13)29-11-12-5-2-1-3-6-12/h1-9,16H,11,26H2,(H,27,28). The average molecular weight is 412 g/mol. The van der Waals surface area contributed by atoms with Crippen molar-refractivity contribution in [1.82, 2.24) is 10.2 Å². The van der Waals surface area contributed by atoms with Gasteiger partial charge in [-0.2, -0.15) is 18.4 Å². The lowest BCUT2D eigenvalue weighted by Crippen LogP contribution is -2.22. The van der Waals surface area contributed by atoms with Crippen molar-refractivity contribution < 1.29 is 22.6 Å².